The van der Waals surface area contributed by atoms with E-state index in [-0.39, 0.29) is 11.6 Å². The van der Waals surface area contributed by atoms with E-state index < -0.39 is 25.5 Å². The Morgan fingerprint density at radius 1 is 1.36 bits per heavy atom. The highest BCUT2D eigenvalue weighted by Gasteiger charge is 2.32. The highest BCUT2D eigenvalue weighted by atomic mass is 32.2. The van der Waals surface area contributed by atoms with Gasteiger partial charge in [-0.1, -0.05) is 11.2 Å². The minimum Gasteiger partial charge on any atom is -0.366 e. The summed E-state index contributed by atoms with van der Waals surface area (Å²) in [4.78, 5) is 16.3. The van der Waals surface area contributed by atoms with Crippen LogP contribution in [0.3, 0.4) is 0 Å². The second kappa shape index (κ2) is 6.41. The summed E-state index contributed by atoms with van der Waals surface area (Å²) in [5.74, 6) is 1.21. The van der Waals surface area contributed by atoms with Crippen molar-refractivity contribution in [1.82, 2.24) is 10.1 Å². The van der Waals surface area contributed by atoms with E-state index in [1.807, 2.05) is 0 Å². The summed E-state index contributed by atoms with van der Waals surface area (Å²) >= 11 is 0. The minimum absolute atomic E-state index is 0.0814. The summed E-state index contributed by atoms with van der Waals surface area (Å²) in [6, 6.07) is 4.13. The molecule has 0 amide bonds. The van der Waals surface area contributed by atoms with Gasteiger partial charge in [0.2, 0.25) is 15.9 Å². The van der Waals surface area contributed by atoms with E-state index in [1.54, 1.807) is 11.8 Å². The Labute approximate surface area is 143 Å². The fourth-order valence-corrected chi connectivity index (χ4v) is 3.74. The standard InChI is InChI=1S/C14H17N5O5S/c1-9-16-14(24-17-9)10-5-7-18(8-6-10)11-3-2-4-12(25(15,22)23)13(11)19(20)21/h2-4,10H,5-8H2,1H3,(H2,15,22,23). The van der Waals surface area contributed by atoms with Crippen molar-refractivity contribution in [3.8, 4) is 0 Å². The number of piperidine rings is 1. The zero-order chi connectivity index (χ0) is 18.2. The van der Waals surface area contributed by atoms with Gasteiger partial charge in [0.05, 0.1) is 4.92 Å². The molecule has 0 saturated carbocycles. The molecule has 0 aliphatic carbocycles. The second-order valence-corrected chi connectivity index (χ2v) is 7.40. The van der Waals surface area contributed by atoms with Gasteiger partial charge >= 0.3 is 5.69 Å². The molecule has 0 bridgehead atoms. The second-order valence-electron chi connectivity index (χ2n) is 5.87. The van der Waals surface area contributed by atoms with Crippen LogP contribution in [0, 0.1) is 17.0 Å². The quantitative estimate of drug-likeness (QED) is 0.629. The predicted molar refractivity (Wildman–Crippen MR) is 87.7 cm³/mol. The van der Waals surface area contributed by atoms with Crippen LogP contribution in [0.2, 0.25) is 0 Å². The van der Waals surface area contributed by atoms with Crippen LogP contribution in [-0.2, 0) is 10.0 Å². The molecule has 1 saturated heterocycles. The number of aryl methyl sites for hydroxylation is 1. The van der Waals surface area contributed by atoms with Crippen LogP contribution in [0.1, 0.15) is 30.5 Å². The van der Waals surface area contributed by atoms with Crippen molar-refractivity contribution in [2.75, 3.05) is 18.0 Å². The Morgan fingerprint density at radius 3 is 2.56 bits per heavy atom. The zero-order valence-corrected chi connectivity index (χ0v) is 14.3. The molecule has 25 heavy (non-hydrogen) atoms. The monoisotopic (exact) mass is 367 g/mol. The summed E-state index contributed by atoms with van der Waals surface area (Å²) in [7, 11) is -4.19. The molecule has 2 heterocycles. The van der Waals surface area contributed by atoms with Gasteiger partial charge in [-0.05, 0) is 31.9 Å². The lowest BCUT2D eigenvalue weighted by molar-refractivity contribution is -0.387. The number of benzene rings is 1. The van der Waals surface area contributed by atoms with Crippen LogP contribution in [0.15, 0.2) is 27.6 Å². The van der Waals surface area contributed by atoms with Gasteiger partial charge in [0.25, 0.3) is 0 Å². The Hall–Kier alpha value is -2.53. The number of aromatic nitrogens is 2. The van der Waals surface area contributed by atoms with Gasteiger partial charge in [-0.3, -0.25) is 10.1 Å². The number of primary sulfonamides is 1. The van der Waals surface area contributed by atoms with E-state index in [4.69, 9.17) is 9.66 Å². The van der Waals surface area contributed by atoms with Crippen molar-refractivity contribution in [3.05, 3.63) is 40.0 Å². The van der Waals surface area contributed by atoms with E-state index in [9.17, 15) is 18.5 Å². The fourth-order valence-electron chi connectivity index (χ4n) is 3.03. The molecule has 2 N–H and O–H groups in total. The van der Waals surface area contributed by atoms with E-state index in [2.05, 4.69) is 10.1 Å². The molecule has 0 radical (unpaired) electrons. The number of nitro groups is 1. The normalized spacial score (nSPS) is 16.2. The Kier molecular flexibility index (Phi) is 4.43. The molecule has 10 nitrogen and oxygen atoms in total. The summed E-state index contributed by atoms with van der Waals surface area (Å²) in [5.41, 5.74) is -0.242. The van der Waals surface area contributed by atoms with Gasteiger partial charge < -0.3 is 9.42 Å². The molecule has 11 heteroatoms. The number of rotatable bonds is 4. The van der Waals surface area contributed by atoms with Crippen molar-refractivity contribution in [2.24, 2.45) is 5.14 Å². The topological polar surface area (TPSA) is 145 Å². The Morgan fingerprint density at radius 2 is 2.04 bits per heavy atom. The number of nitrogens with zero attached hydrogens (tertiary/aromatic N) is 4. The smallest absolute Gasteiger partial charge is 0.312 e. The van der Waals surface area contributed by atoms with Crippen LogP contribution in [-0.4, -0.2) is 36.6 Å². The van der Waals surface area contributed by atoms with Crippen molar-refractivity contribution in [1.29, 1.82) is 0 Å². The Balaban J connectivity index is 1.87. The number of para-hydroxylation sites is 1. The molecule has 1 aliphatic rings. The maximum absolute atomic E-state index is 11.7. The van der Waals surface area contributed by atoms with E-state index in [0.29, 0.717) is 37.6 Å². The molecule has 0 unspecified atom stereocenters. The largest absolute Gasteiger partial charge is 0.366 e. The van der Waals surface area contributed by atoms with Gasteiger partial charge in [0.1, 0.15) is 5.69 Å². The van der Waals surface area contributed by atoms with Gasteiger partial charge in [-0.2, -0.15) is 4.98 Å². The first-order valence-electron chi connectivity index (χ1n) is 7.62. The number of nitro benzene ring substituents is 1. The van der Waals surface area contributed by atoms with Gasteiger partial charge in [-0.25, -0.2) is 13.6 Å². The van der Waals surface area contributed by atoms with Crippen LogP contribution >= 0.6 is 0 Å². The van der Waals surface area contributed by atoms with Crippen molar-refractivity contribution >= 4 is 21.4 Å². The summed E-state index contributed by atoms with van der Waals surface area (Å²) in [5, 5.41) is 20.3. The van der Waals surface area contributed by atoms with Crippen LogP contribution < -0.4 is 10.0 Å². The molecular formula is C14H17N5O5S. The van der Waals surface area contributed by atoms with E-state index in [0.717, 1.165) is 6.07 Å². The van der Waals surface area contributed by atoms with Crippen LogP contribution in [0.25, 0.3) is 0 Å². The fraction of sp³-hybridized carbons (Fsp3) is 0.429. The molecule has 1 aromatic heterocycles. The molecule has 0 spiro atoms. The average Bonchev–Trinajstić information content (AvgIpc) is 3.00. The van der Waals surface area contributed by atoms with E-state index in [1.165, 1.54) is 12.1 Å². The third-order valence-corrected chi connectivity index (χ3v) is 5.14. The Bertz CT molecular complexity index is 902. The SMILES string of the molecule is Cc1noc(C2CCN(c3cccc(S(N)(=O)=O)c3[N+](=O)[O-])CC2)n1. The van der Waals surface area contributed by atoms with E-state index >= 15 is 0 Å². The van der Waals surface area contributed by atoms with Crippen molar-refractivity contribution in [3.63, 3.8) is 0 Å². The number of hydrogen-bond donors (Lipinski definition) is 1. The third-order valence-electron chi connectivity index (χ3n) is 4.19. The molecule has 2 aromatic rings. The first-order chi connectivity index (χ1) is 11.8. The lowest BCUT2D eigenvalue weighted by Crippen LogP contribution is -2.33. The predicted octanol–water partition coefficient (Wildman–Crippen LogP) is 1.32. The first-order valence-corrected chi connectivity index (χ1v) is 9.17. The summed E-state index contributed by atoms with van der Waals surface area (Å²) < 4.78 is 28.5. The minimum atomic E-state index is -4.19. The number of sulfonamides is 1. The molecule has 134 valence electrons. The summed E-state index contributed by atoms with van der Waals surface area (Å²) in [6.45, 7) is 2.74. The lowest BCUT2D eigenvalue weighted by atomic mass is 9.96. The molecule has 1 aromatic carbocycles. The maximum Gasteiger partial charge on any atom is 0.312 e. The molecule has 0 atom stereocenters. The molecular weight excluding hydrogens is 350 g/mol. The third kappa shape index (κ3) is 3.46. The van der Waals surface area contributed by atoms with Gasteiger partial charge in [0, 0.05) is 19.0 Å². The van der Waals surface area contributed by atoms with Crippen LogP contribution in [0.5, 0.6) is 0 Å². The number of hydrogen-bond acceptors (Lipinski definition) is 8. The number of anilines is 1. The van der Waals surface area contributed by atoms with Crippen molar-refractivity contribution in [2.45, 2.75) is 30.6 Å². The lowest BCUT2D eigenvalue weighted by Gasteiger charge is -2.32. The molecule has 1 aliphatic heterocycles. The average molecular weight is 367 g/mol. The zero-order valence-electron chi connectivity index (χ0n) is 13.5. The highest BCUT2D eigenvalue weighted by molar-refractivity contribution is 7.89. The summed E-state index contributed by atoms with van der Waals surface area (Å²) in [6.07, 6.45) is 1.33. The maximum atomic E-state index is 11.7. The van der Waals surface area contributed by atoms with Gasteiger partial charge in [0.15, 0.2) is 10.7 Å². The van der Waals surface area contributed by atoms with Crippen LogP contribution in [0.4, 0.5) is 11.4 Å². The van der Waals surface area contributed by atoms with Gasteiger partial charge in [-0.15, -0.1) is 0 Å². The molecule has 3 rings (SSSR count). The number of nitrogens with two attached hydrogens (primary N) is 1. The molecule has 1 fully saturated rings. The highest BCUT2D eigenvalue weighted by Crippen LogP contribution is 2.37. The first kappa shape index (κ1) is 17.3. The van der Waals surface area contributed by atoms with Crippen molar-refractivity contribution < 1.29 is 17.9 Å².